The van der Waals surface area contributed by atoms with Crippen LogP contribution in [0, 0.1) is 0 Å². The molecular weight excluding hydrogens is 1000 g/mol. The van der Waals surface area contributed by atoms with Crippen molar-refractivity contribution in [2.45, 2.75) is 49.4 Å². The average Bonchev–Trinajstić information content (AvgIpc) is 1.66. The van der Waals surface area contributed by atoms with Crippen molar-refractivity contribution in [3.63, 3.8) is 0 Å². The van der Waals surface area contributed by atoms with Gasteiger partial charge in [-0.25, -0.2) is 0 Å². The standard InChI is InChI=1S/C80H61N3/c1-9-26-60(27-10-1)79(61-28-11-2-12-29-61)72-42-25-43-73-78(72)83-76-70(52-58(54-74(76)79)56-44-48-68(49-45-56)81(64-34-17-5-18-35-64)65-36-19-6-20-37-65)71-53-59(55-75(77(71)83)80(73,62-30-13-3-14-31-62)63-32-15-4-16-33-63)57-46-50-69(51-47-57)82(66-38-21-7-22-39-66)67-40-23-8-24-41-67/h1-3,5-15,17-19,21-23,25-36,38-40,42-55H,4,16,20,24,37,41H2. The van der Waals surface area contributed by atoms with Crippen molar-refractivity contribution < 1.29 is 0 Å². The number of allylic oxidation sites excluding steroid dienone is 12. The van der Waals surface area contributed by atoms with E-state index < -0.39 is 10.8 Å². The van der Waals surface area contributed by atoms with Crippen LogP contribution >= 0.6 is 0 Å². The first-order chi connectivity index (χ1) is 41.2. The van der Waals surface area contributed by atoms with Crippen LogP contribution in [0.1, 0.15) is 77.5 Å². The number of nitrogens with zero attached hydrogens (tertiary/aromatic N) is 3. The second-order valence-corrected chi connectivity index (χ2v) is 22.8. The van der Waals surface area contributed by atoms with Gasteiger partial charge in [0.1, 0.15) is 0 Å². The number of hydrogen-bond donors (Lipinski definition) is 0. The SMILES string of the molecule is C1=CCCC(N(c2ccccc2)c2ccc(-c3cc4c5c(c3)c3cc(-c6ccc(N(C7=CC=CCC7)c7ccccc7)cc6)cc6c3n5-c3c(cccc3C6(c3ccccc3)c3ccccc3)C4(C3=CCCC=C3)c3ccccc3)cc2)=C1. The first-order valence-corrected chi connectivity index (χ1v) is 29.7. The van der Waals surface area contributed by atoms with E-state index in [1.807, 2.05) is 0 Å². The monoisotopic (exact) mass is 1060 g/mol. The zero-order chi connectivity index (χ0) is 54.9. The summed E-state index contributed by atoms with van der Waals surface area (Å²) < 4.78 is 2.71. The number of benzene rings is 10. The van der Waals surface area contributed by atoms with Crippen LogP contribution in [-0.4, -0.2) is 4.57 Å². The Morgan fingerprint density at radius 3 is 1.19 bits per heavy atom. The molecule has 0 bridgehead atoms. The molecule has 0 fully saturated rings. The fourth-order valence-corrected chi connectivity index (χ4v) is 14.9. The number of fused-ring (bicyclic) bond motifs is 1. The molecule has 3 nitrogen and oxygen atoms in total. The average molecular weight is 1060 g/mol. The van der Waals surface area contributed by atoms with Crippen molar-refractivity contribution in [1.29, 1.82) is 0 Å². The molecule has 3 aliphatic carbocycles. The lowest BCUT2D eigenvalue weighted by atomic mass is 9.58. The summed E-state index contributed by atoms with van der Waals surface area (Å²) in [5, 5.41) is 2.51. The summed E-state index contributed by atoms with van der Waals surface area (Å²) in [7, 11) is 0. The van der Waals surface area contributed by atoms with Gasteiger partial charge in [-0.3, -0.25) is 0 Å². The molecule has 0 spiro atoms. The van der Waals surface area contributed by atoms with Gasteiger partial charge in [0.2, 0.25) is 0 Å². The fraction of sp³-hybridized carbons (Fsp3) is 0.100. The molecule has 1 aromatic heterocycles. The molecule has 0 saturated heterocycles. The molecule has 10 aromatic carbocycles. The van der Waals surface area contributed by atoms with Crippen LogP contribution in [0.2, 0.25) is 0 Å². The minimum Gasteiger partial charge on any atom is -0.314 e. The highest BCUT2D eigenvalue weighted by Crippen LogP contribution is 2.63. The van der Waals surface area contributed by atoms with Gasteiger partial charge in [0.15, 0.2) is 0 Å². The summed E-state index contributed by atoms with van der Waals surface area (Å²) in [6, 6.07) is 92.1. The molecule has 16 rings (SSSR count). The van der Waals surface area contributed by atoms with E-state index in [1.165, 1.54) is 117 Å². The molecule has 5 aliphatic rings. The van der Waals surface area contributed by atoms with Gasteiger partial charge in [0.05, 0.1) is 27.6 Å². The predicted molar refractivity (Wildman–Crippen MR) is 346 cm³/mol. The molecule has 0 amide bonds. The van der Waals surface area contributed by atoms with Crippen molar-refractivity contribution in [2.75, 3.05) is 9.80 Å². The van der Waals surface area contributed by atoms with E-state index in [-0.39, 0.29) is 0 Å². The largest absolute Gasteiger partial charge is 0.314 e. The summed E-state index contributed by atoms with van der Waals surface area (Å²) in [4.78, 5) is 4.87. The molecule has 2 aliphatic heterocycles. The van der Waals surface area contributed by atoms with Gasteiger partial charge < -0.3 is 14.4 Å². The van der Waals surface area contributed by atoms with Crippen molar-refractivity contribution in [1.82, 2.24) is 4.57 Å². The highest BCUT2D eigenvalue weighted by Gasteiger charge is 2.53. The van der Waals surface area contributed by atoms with Crippen LogP contribution in [0.4, 0.5) is 22.7 Å². The molecule has 0 saturated carbocycles. The zero-order valence-electron chi connectivity index (χ0n) is 46.4. The molecule has 0 N–H and O–H groups in total. The van der Waals surface area contributed by atoms with Crippen LogP contribution in [-0.2, 0) is 10.8 Å². The quantitative estimate of drug-likeness (QED) is 0.121. The third-order valence-electron chi connectivity index (χ3n) is 18.4. The van der Waals surface area contributed by atoms with E-state index in [9.17, 15) is 0 Å². The van der Waals surface area contributed by atoms with Gasteiger partial charge in [0.25, 0.3) is 0 Å². The topological polar surface area (TPSA) is 11.4 Å². The molecule has 83 heavy (non-hydrogen) atoms. The van der Waals surface area contributed by atoms with E-state index >= 15 is 0 Å². The van der Waals surface area contributed by atoms with Gasteiger partial charge >= 0.3 is 0 Å². The van der Waals surface area contributed by atoms with Gasteiger partial charge in [-0.05, 0) is 190 Å². The maximum absolute atomic E-state index is 2.71. The van der Waals surface area contributed by atoms with Gasteiger partial charge in [0, 0.05) is 44.9 Å². The molecule has 3 heteroatoms. The zero-order valence-corrected chi connectivity index (χ0v) is 46.4. The summed E-state index contributed by atoms with van der Waals surface area (Å²) in [6.07, 6.45) is 26.9. The Hall–Kier alpha value is -9.96. The van der Waals surface area contributed by atoms with E-state index in [0.29, 0.717) is 0 Å². The lowest BCUT2D eigenvalue weighted by Crippen LogP contribution is -2.41. The number of anilines is 4. The highest BCUT2D eigenvalue weighted by molar-refractivity contribution is 6.17. The third-order valence-corrected chi connectivity index (χ3v) is 18.4. The summed E-state index contributed by atoms with van der Waals surface area (Å²) in [5.74, 6) is 0. The van der Waals surface area contributed by atoms with Crippen molar-refractivity contribution >= 4 is 44.6 Å². The molecular formula is C80H61N3. The van der Waals surface area contributed by atoms with Gasteiger partial charge in [-0.1, -0.05) is 212 Å². The first kappa shape index (κ1) is 48.9. The fourth-order valence-electron chi connectivity index (χ4n) is 14.9. The maximum Gasteiger partial charge on any atom is 0.0742 e. The molecule has 3 heterocycles. The minimum absolute atomic E-state index is 0.670. The Kier molecular flexibility index (Phi) is 11.7. The minimum atomic E-state index is -0.707. The number of aromatic nitrogens is 1. The van der Waals surface area contributed by atoms with Gasteiger partial charge in [-0.15, -0.1) is 0 Å². The normalized spacial score (nSPS) is 17.1. The second kappa shape index (κ2) is 19.9. The Morgan fingerprint density at radius 1 is 0.337 bits per heavy atom. The third kappa shape index (κ3) is 7.57. The van der Waals surface area contributed by atoms with E-state index in [0.717, 1.165) is 49.9 Å². The molecule has 11 aromatic rings. The van der Waals surface area contributed by atoms with Crippen LogP contribution in [0.15, 0.2) is 314 Å². The highest BCUT2D eigenvalue weighted by atomic mass is 15.2. The number of para-hydroxylation sites is 3. The Labute approximate surface area is 486 Å². The smallest absolute Gasteiger partial charge is 0.0742 e. The molecule has 0 radical (unpaired) electrons. The lowest BCUT2D eigenvalue weighted by Gasteiger charge is -2.48. The van der Waals surface area contributed by atoms with Crippen LogP contribution < -0.4 is 9.80 Å². The van der Waals surface area contributed by atoms with Crippen molar-refractivity contribution in [3.05, 3.63) is 353 Å². The van der Waals surface area contributed by atoms with E-state index in [2.05, 4.69) is 312 Å². The first-order valence-electron chi connectivity index (χ1n) is 29.7. The molecule has 396 valence electrons. The van der Waals surface area contributed by atoms with Crippen LogP contribution in [0.25, 0.3) is 49.7 Å². The number of hydrogen-bond acceptors (Lipinski definition) is 2. The molecule has 1 unspecified atom stereocenters. The van der Waals surface area contributed by atoms with Gasteiger partial charge in [-0.2, -0.15) is 0 Å². The van der Waals surface area contributed by atoms with Crippen LogP contribution in [0.5, 0.6) is 0 Å². The predicted octanol–water partition coefficient (Wildman–Crippen LogP) is 20.5. The Morgan fingerprint density at radius 2 is 0.759 bits per heavy atom. The van der Waals surface area contributed by atoms with E-state index in [1.54, 1.807) is 0 Å². The van der Waals surface area contributed by atoms with Crippen LogP contribution in [0.3, 0.4) is 0 Å². The molecule has 1 atom stereocenters. The summed E-state index contributed by atoms with van der Waals surface area (Å²) in [5.41, 5.74) is 24.7. The summed E-state index contributed by atoms with van der Waals surface area (Å²) >= 11 is 0. The lowest BCUT2D eigenvalue weighted by molar-refractivity contribution is 0.679. The summed E-state index contributed by atoms with van der Waals surface area (Å²) in [6.45, 7) is 0. The van der Waals surface area contributed by atoms with Crippen molar-refractivity contribution in [3.8, 4) is 27.9 Å². The second-order valence-electron chi connectivity index (χ2n) is 22.8. The maximum atomic E-state index is 2.71. The Bertz CT molecular complexity index is 4460. The number of rotatable bonds is 12. The Balaban J connectivity index is 1.01. The van der Waals surface area contributed by atoms with Crippen molar-refractivity contribution in [2.24, 2.45) is 0 Å². The van der Waals surface area contributed by atoms with E-state index in [4.69, 9.17) is 0 Å².